The third-order valence-corrected chi connectivity index (χ3v) is 5.08. The Bertz CT molecular complexity index is 1130. The van der Waals surface area contributed by atoms with Gasteiger partial charge in [0.15, 0.2) is 0 Å². The van der Waals surface area contributed by atoms with Gasteiger partial charge in [-0.2, -0.15) is 0 Å². The second-order valence-electron chi connectivity index (χ2n) is 7.15. The van der Waals surface area contributed by atoms with E-state index in [1.807, 2.05) is 0 Å². The molecule has 3 aromatic rings. The number of rotatable bonds is 6. The van der Waals surface area contributed by atoms with Gasteiger partial charge in [-0.3, -0.25) is 9.78 Å². The fourth-order valence-electron chi connectivity index (χ4n) is 3.12. The van der Waals surface area contributed by atoms with Crippen molar-refractivity contribution < 1.29 is 24.2 Å². The number of carbonyl (C=O) groups is 3. The van der Waals surface area contributed by atoms with Crippen LogP contribution in [-0.4, -0.2) is 28.3 Å². The van der Waals surface area contributed by atoms with E-state index in [-0.39, 0.29) is 11.5 Å². The highest BCUT2D eigenvalue weighted by molar-refractivity contribution is 6.07. The zero-order chi connectivity index (χ0) is 20.6. The van der Waals surface area contributed by atoms with Crippen LogP contribution in [0.25, 0.3) is 10.9 Å². The zero-order valence-corrected chi connectivity index (χ0v) is 15.6. The van der Waals surface area contributed by atoms with Crippen molar-refractivity contribution in [3.05, 3.63) is 59.8 Å². The van der Waals surface area contributed by atoms with Crippen LogP contribution in [0.4, 0.5) is 5.69 Å². The van der Waals surface area contributed by atoms with E-state index in [0.717, 1.165) is 0 Å². The topological polar surface area (TPSA) is 106 Å². The Labute approximate surface area is 166 Å². The number of anilines is 1. The molecule has 1 amide bonds. The maximum Gasteiger partial charge on any atom is 0.336 e. The number of benzene rings is 2. The lowest BCUT2D eigenvalue weighted by molar-refractivity contribution is -0.126. The number of hydrogen-bond donors (Lipinski definition) is 2. The molecule has 146 valence electrons. The number of carboxylic acid groups (broad SMARTS) is 1. The molecular weight excluding hydrogens is 372 g/mol. The first-order valence-corrected chi connectivity index (χ1v) is 9.10. The first-order chi connectivity index (χ1) is 13.9. The van der Waals surface area contributed by atoms with Crippen LogP contribution in [0.3, 0.4) is 0 Å². The number of nitrogens with one attached hydrogen (secondary N) is 1. The molecule has 0 radical (unpaired) electrons. The van der Waals surface area contributed by atoms with Crippen molar-refractivity contribution in [3.63, 3.8) is 0 Å². The Morgan fingerprint density at radius 2 is 1.90 bits per heavy atom. The number of amides is 1. The van der Waals surface area contributed by atoms with E-state index in [1.165, 1.54) is 6.07 Å². The standard InChI is InChI=1S/C22H18N2O5/c1-13-10-17-18(11-16(13)20(26)27)23-9-6-19(17)29-15-4-2-14(3-5-15)24-21(28)22(12-25)7-8-22/h2-6,9-12H,7-8H2,1H3,(H,24,28)(H,26,27). The van der Waals surface area contributed by atoms with Gasteiger partial charge in [0.2, 0.25) is 5.91 Å². The molecule has 1 fully saturated rings. The number of aromatic nitrogens is 1. The first kappa shape index (κ1) is 18.6. The van der Waals surface area contributed by atoms with Crippen LogP contribution in [0.2, 0.25) is 0 Å². The van der Waals surface area contributed by atoms with Crippen molar-refractivity contribution in [2.24, 2.45) is 5.41 Å². The lowest BCUT2D eigenvalue weighted by Crippen LogP contribution is -2.25. The summed E-state index contributed by atoms with van der Waals surface area (Å²) < 4.78 is 5.95. The van der Waals surface area contributed by atoms with Gasteiger partial charge in [-0.25, -0.2) is 4.79 Å². The number of ether oxygens (including phenoxy) is 1. The van der Waals surface area contributed by atoms with Crippen LogP contribution in [0.1, 0.15) is 28.8 Å². The summed E-state index contributed by atoms with van der Waals surface area (Å²) in [6.45, 7) is 1.73. The molecule has 1 saturated carbocycles. The Morgan fingerprint density at radius 1 is 1.17 bits per heavy atom. The Kier molecular flexibility index (Phi) is 4.50. The van der Waals surface area contributed by atoms with E-state index >= 15 is 0 Å². The van der Waals surface area contributed by atoms with E-state index < -0.39 is 11.4 Å². The predicted octanol–water partition coefficient (Wildman–Crippen LogP) is 3.95. The molecular formula is C22H18N2O5. The van der Waals surface area contributed by atoms with Crippen LogP contribution < -0.4 is 10.1 Å². The fourth-order valence-corrected chi connectivity index (χ4v) is 3.12. The van der Waals surface area contributed by atoms with Crippen molar-refractivity contribution in [3.8, 4) is 11.5 Å². The van der Waals surface area contributed by atoms with Gasteiger partial charge in [0.25, 0.3) is 0 Å². The van der Waals surface area contributed by atoms with Crippen LogP contribution in [0.15, 0.2) is 48.7 Å². The molecule has 0 saturated heterocycles. The zero-order valence-electron chi connectivity index (χ0n) is 15.6. The Morgan fingerprint density at radius 3 is 2.52 bits per heavy atom. The third-order valence-electron chi connectivity index (χ3n) is 5.08. The lowest BCUT2D eigenvalue weighted by Gasteiger charge is -2.12. The fraction of sp³-hybridized carbons (Fsp3) is 0.182. The van der Waals surface area contributed by atoms with Crippen molar-refractivity contribution in [1.82, 2.24) is 4.98 Å². The number of nitrogens with zero attached hydrogens (tertiary/aromatic N) is 1. The molecule has 0 unspecified atom stereocenters. The van der Waals surface area contributed by atoms with Crippen LogP contribution in [-0.2, 0) is 9.59 Å². The van der Waals surface area contributed by atoms with Gasteiger partial charge < -0.3 is 20.0 Å². The number of carboxylic acids is 1. The Balaban J connectivity index is 1.55. The number of carbonyl (C=O) groups excluding carboxylic acids is 2. The summed E-state index contributed by atoms with van der Waals surface area (Å²) in [5, 5.41) is 12.7. The molecule has 1 aromatic heterocycles. The summed E-state index contributed by atoms with van der Waals surface area (Å²) in [5.74, 6) is -0.194. The molecule has 1 aliphatic rings. The number of aryl methyl sites for hydroxylation is 1. The largest absolute Gasteiger partial charge is 0.478 e. The SMILES string of the molecule is Cc1cc2c(Oc3ccc(NC(=O)C4(C=O)CC4)cc3)ccnc2cc1C(=O)O. The monoisotopic (exact) mass is 390 g/mol. The molecule has 2 N–H and O–H groups in total. The summed E-state index contributed by atoms with van der Waals surface area (Å²) in [5.41, 5.74) is 1.06. The van der Waals surface area contributed by atoms with Crippen LogP contribution in [0, 0.1) is 12.3 Å². The average Bonchev–Trinajstić information content (AvgIpc) is 3.51. The van der Waals surface area contributed by atoms with E-state index in [9.17, 15) is 19.5 Å². The van der Waals surface area contributed by atoms with Crippen molar-refractivity contribution >= 4 is 34.8 Å². The van der Waals surface area contributed by atoms with Gasteiger partial charge in [0.05, 0.1) is 11.1 Å². The van der Waals surface area contributed by atoms with Crippen LogP contribution >= 0.6 is 0 Å². The molecule has 0 bridgehead atoms. The highest BCUT2D eigenvalue weighted by Crippen LogP contribution is 2.44. The molecule has 0 aliphatic heterocycles. The highest BCUT2D eigenvalue weighted by atomic mass is 16.5. The van der Waals surface area contributed by atoms with Gasteiger partial charge >= 0.3 is 5.97 Å². The van der Waals surface area contributed by atoms with Gasteiger partial charge in [-0.05, 0) is 67.8 Å². The van der Waals surface area contributed by atoms with Crippen molar-refractivity contribution in [2.45, 2.75) is 19.8 Å². The minimum atomic E-state index is -1.00. The summed E-state index contributed by atoms with van der Waals surface area (Å²) in [6, 6.07) is 11.8. The second-order valence-corrected chi connectivity index (χ2v) is 7.15. The quantitative estimate of drug-likeness (QED) is 0.488. The molecule has 0 spiro atoms. The summed E-state index contributed by atoms with van der Waals surface area (Å²) in [6.07, 6.45) is 3.44. The maximum absolute atomic E-state index is 12.1. The molecule has 29 heavy (non-hydrogen) atoms. The normalized spacial score (nSPS) is 14.2. The highest BCUT2D eigenvalue weighted by Gasteiger charge is 2.50. The van der Waals surface area contributed by atoms with Crippen LogP contribution in [0.5, 0.6) is 11.5 Å². The molecule has 7 nitrogen and oxygen atoms in total. The summed E-state index contributed by atoms with van der Waals surface area (Å²) in [7, 11) is 0. The number of aromatic carboxylic acids is 1. The maximum atomic E-state index is 12.1. The molecule has 1 aliphatic carbocycles. The van der Waals surface area contributed by atoms with E-state index in [2.05, 4.69) is 10.3 Å². The molecule has 7 heteroatoms. The van der Waals surface area contributed by atoms with Gasteiger partial charge in [0.1, 0.15) is 23.2 Å². The number of aldehydes is 1. The Hall–Kier alpha value is -3.74. The van der Waals surface area contributed by atoms with E-state index in [4.69, 9.17) is 4.74 Å². The summed E-state index contributed by atoms with van der Waals surface area (Å²) in [4.78, 5) is 38.7. The smallest absolute Gasteiger partial charge is 0.336 e. The first-order valence-electron chi connectivity index (χ1n) is 9.10. The summed E-state index contributed by atoms with van der Waals surface area (Å²) >= 11 is 0. The van der Waals surface area contributed by atoms with Crippen molar-refractivity contribution in [1.29, 1.82) is 0 Å². The molecule has 1 heterocycles. The van der Waals surface area contributed by atoms with Gasteiger partial charge in [-0.1, -0.05) is 0 Å². The third kappa shape index (κ3) is 3.54. The number of hydrogen-bond acceptors (Lipinski definition) is 5. The average molecular weight is 390 g/mol. The van der Waals surface area contributed by atoms with E-state index in [1.54, 1.807) is 49.5 Å². The van der Waals surface area contributed by atoms with Gasteiger partial charge in [-0.15, -0.1) is 0 Å². The predicted molar refractivity (Wildman–Crippen MR) is 106 cm³/mol. The van der Waals surface area contributed by atoms with E-state index in [0.29, 0.717) is 52.8 Å². The number of pyridine rings is 1. The number of fused-ring (bicyclic) bond motifs is 1. The lowest BCUT2D eigenvalue weighted by atomic mass is 10.0. The minimum Gasteiger partial charge on any atom is -0.478 e. The molecule has 2 aromatic carbocycles. The minimum absolute atomic E-state index is 0.200. The molecule has 0 atom stereocenters. The van der Waals surface area contributed by atoms with Crippen molar-refractivity contribution in [2.75, 3.05) is 5.32 Å². The second kappa shape index (κ2) is 7.01. The molecule has 4 rings (SSSR count). The van der Waals surface area contributed by atoms with Gasteiger partial charge in [0, 0.05) is 17.3 Å².